The van der Waals surface area contributed by atoms with E-state index in [-0.39, 0.29) is 11.4 Å². The lowest BCUT2D eigenvalue weighted by Crippen LogP contribution is -1.96. The van der Waals surface area contributed by atoms with Crippen LogP contribution in [0.5, 0.6) is 11.5 Å². The van der Waals surface area contributed by atoms with Gasteiger partial charge in [-0.2, -0.15) is 0 Å². The third-order valence-corrected chi connectivity index (χ3v) is 3.89. The molecule has 0 saturated carbocycles. The molecule has 104 valence electrons. The molecule has 0 fully saturated rings. The zero-order valence-electron chi connectivity index (χ0n) is 9.77. The molecular weight excluding hydrogens is 371 g/mol. The zero-order valence-corrected chi connectivity index (χ0v) is 12.9. The van der Waals surface area contributed by atoms with Crippen LogP contribution < -0.4 is 10.5 Å². The van der Waals surface area contributed by atoms with Gasteiger partial charge < -0.3 is 10.5 Å². The van der Waals surface area contributed by atoms with E-state index in [1.165, 1.54) is 24.3 Å². The van der Waals surface area contributed by atoms with Gasteiger partial charge in [-0.05, 0) is 28.1 Å². The van der Waals surface area contributed by atoms with Gasteiger partial charge in [0.1, 0.15) is 17.2 Å². The molecular formula is C12H7BrCl2N2O3. The van der Waals surface area contributed by atoms with E-state index in [1.807, 2.05) is 0 Å². The summed E-state index contributed by atoms with van der Waals surface area (Å²) in [6, 6.07) is 7.17. The molecule has 2 aromatic rings. The van der Waals surface area contributed by atoms with Gasteiger partial charge in [0.15, 0.2) is 0 Å². The number of nitro groups is 1. The Hall–Kier alpha value is -1.50. The first-order chi connectivity index (χ1) is 9.38. The summed E-state index contributed by atoms with van der Waals surface area (Å²) in [6.07, 6.45) is 0. The van der Waals surface area contributed by atoms with Crippen LogP contribution in [0.1, 0.15) is 0 Å². The van der Waals surface area contributed by atoms with Crippen LogP contribution >= 0.6 is 39.1 Å². The lowest BCUT2D eigenvalue weighted by Gasteiger charge is -2.09. The molecule has 0 spiro atoms. The van der Waals surface area contributed by atoms with Crippen molar-refractivity contribution in [2.45, 2.75) is 0 Å². The van der Waals surface area contributed by atoms with Crippen molar-refractivity contribution >= 4 is 50.5 Å². The molecule has 0 aliphatic rings. The number of nitrogens with zero attached hydrogens (tertiary/aromatic N) is 1. The fraction of sp³-hybridized carbons (Fsp3) is 0. The topological polar surface area (TPSA) is 78.4 Å². The van der Waals surface area contributed by atoms with E-state index in [9.17, 15) is 10.1 Å². The minimum absolute atomic E-state index is 0.00633. The summed E-state index contributed by atoms with van der Waals surface area (Å²) in [7, 11) is 0. The summed E-state index contributed by atoms with van der Waals surface area (Å²) in [5.74, 6) is 0.654. The SMILES string of the molecule is Nc1cc(Oc2cc(Cl)c(Br)cc2Cl)ccc1[N+](=O)[O-]. The Balaban J connectivity index is 2.33. The molecule has 5 nitrogen and oxygen atoms in total. The first-order valence-electron chi connectivity index (χ1n) is 5.25. The molecule has 0 aromatic heterocycles. The van der Waals surface area contributed by atoms with Crippen LogP contribution in [0.2, 0.25) is 10.0 Å². The molecule has 0 radical (unpaired) electrons. The normalized spacial score (nSPS) is 10.3. The number of nitrogens with two attached hydrogens (primary N) is 1. The van der Waals surface area contributed by atoms with Crippen molar-refractivity contribution in [3.05, 3.63) is 55.0 Å². The molecule has 0 amide bonds. The number of ether oxygens (including phenoxy) is 1. The molecule has 0 bridgehead atoms. The minimum atomic E-state index is -0.567. The maximum Gasteiger partial charge on any atom is 0.292 e. The molecule has 0 aliphatic carbocycles. The van der Waals surface area contributed by atoms with Gasteiger partial charge in [-0.25, -0.2) is 0 Å². The van der Waals surface area contributed by atoms with Crippen LogP contribution in [-0.2, 0) is 0 Å². The van der Waals surface area contributed by atoms with E-state index >= 15 is 0 Å². The lowest BCUT2D eigenvalue weighted by atomic mass is 10.2. The Bertz CT molecular complexity index is 695. The summed E-state index contributed by atoms with van der Waals surface area (Å²) in [5.41, 5.74) is 5.40. The number of hydrogen-bond donors (Lipinski definition) is 1. The van der Waals surface area contributed by atoms with Crippen LogP contribution in [-0.4, -0.2) is 4.92 Å². The predicted octanol–water partition coefficient (Wildman–Crippen LogP) is 5.04. The second kappa shape index (κ2) is 5.87. The van der Waals surface area contributed by atoms with E-state index in [4.69, 9.17) is 33.7 Å². The van der Waals surface area contributed by atoms with E-state index in [1.54, 1.807) is 6.07 Å². The van der Waals surface area contributed by atoms with Crippen LogP contribution in [0.3, 0.4) is 0 Å². The fourth-order valence-corrected chi connectivity index (χ4v) is 2.30. The Morgan fingerprint density at radius 1 is 1.20 bits per heavy atom. The lowest BCUT2D eigenvalue weighted by molar-refractivity contribution is -0.383. The third-order valence-electron chi connectivity index (χ3n) is 2.40. The van der Waals surface area contributed by atoms with E-state index in [2.05, 4.69) is 15.9 Å². The molecule has 0 aliphatic heterocycles. The summed E-state index contributed by atoms with van der Waals surface area (Å²) in [4.78, 5) is 10.1. The van der Waals surface area contributed by atoms with Gasteiger partial charge in [0.25, 0.3) is 5.69 Å². The highest BCUT2D eigenvalue weighted by atomic mass is 79.9. The van der Waals surface area contributed by atoms with Gasteiger partial charge in [0.2, 0.25) is 0 Å². The van der Waals surface area contributed by atoms with Crippen molar-refractivity contribution in [2.24, 2.45) is 0 Å². The fourth-order valence-electron chi connectivity index (χ4n) is 1.47. The predicted molar refractivity (Wildman–Crippen MR) is 81.7 cm³/mol. The Morgan fingerprint density at radius 2 is 1.90 bits per heavy atom. The maximum atomic E-state index is 10.7. The van der Waals surface area contributed by atoms with Gasteiger partial charge in [0.05, 0.1) is 15.0 Å². The second-order valence-electron chi connectivity index (χ2n) is 3.78. The Morgan fingerprint density at radius 3 is 2.50 bits per heavy atom. The molecule has 2 N–H and O–H groups in total. The van der Waals surface area contributed by atoms with Crippen molar-refractivity contribution in [3.63, 3.8) is 0 Å². The van der Waals surface area contributed by atoms with Crippen molar-refractivity contribution < 1.29 is 9.66 Å². The number of anilines is 1. The number of rotatable bonds is 3. The van der Waals surface area contributed by atoms with Gasteiger partial charge in [0, 0.05) is 22.7 Å². The average molecular weight is 378 g/mol. The standard InChI is InChI=1S/C12H7BrCl2N2O3/c13-7-4-9(15)12(5-8(7)14)20-6-1-2-11(17(18)19)10(16)3-6/h1-5H,16H2. The van der Waals surface area contributed by atoms with E-state index in [0.29, 0.717) is 26.0 Å². The quantitative estimate of drug-likeness (QED) is 0.351. The van der Waals surface area contributed by atoms with Crippen molar-refractivity contribution in [1.82, 2.24) is 0 Å². The molecule has 2 rings (SSSR count). The van der Waals surface area contributed by atoms with Crippen molar-refractivity contribution in [2.75, 3.05) is 5.73 Å². The summed E-state index contributed by atoms with van der Waals surface area (Å²) in [5, 5.41) is 11.4. The number of benzene rings is 2. The average Bonchev–Trinajstić information content (AvgIpc) is 2.35. The molecule has 8 heteroatoms. The molecule has 2 aromatic carbocycles. The van der Waals surface area contributed by atoms with Crippen molar-refractivity contribution in [1.29, 1.82) is 0 Å². The zero-order chi connectivity index (χ0) is 14.9. The largest absolute Gasteiger partial charge is 0.456 e. The van der Waals surface area contributed by atoms with Crippen LogP contribution in [0.25, 0.3) is 0 Å². The van der Waals surface area contributed by atoms with Gasteiger partial charge >= 0.3 is 0 Å². The smallest absolute Gasteiger partial charge is 0.292 e. The molecule has 0 heterocycles. The maximum absolute atomic E-state index is 10.7. The van der Waals surface area contributed by atoms with Crippen molar-refractivity contribution in [3.8, 4) is 11.5 Å². The minimum Gasteiger partial charge on any atom is -0.456 e. The van der Waals surface area contributed by atoms with E-state index < -0.39 is 4.92 Å². The monoisotopic (exact) mass is 376 g/mol. The van der Waals surface area contributed by atoms with Gasteiger partial charge in [-0.15, -0.1) is 0 Å². The van der Waals surface area contributed by atoms with Crippen LogP contribution in [0.4, 0.5) is 11.4 Å². The Labute approximate surface area is 132 Å². The number of halogens is 3. The van der Waals surface area contributed by atoms with Crippen LogP contribution in [0, 0.1) is 10.1 Å². The highest BCUT2D eigenvalue weighted by Crippen LogP contribution is 2.37. The summed E-state index contributed by atoms with van der Waals surface area (Å²) in [6.45, 7) is 0. The summed E-state index contributed by atoms with van der Waals surface area (Å²) < 4.78 is 6.16. The first kappa shape index (κ1) is 14.9. The molecule has 0 saturated heterocycles. The molecule has 20 heavy (non-hydrogen) atoms. The van der Waals surface area contributed by atoms with E-state index in [0.717, 1.165) is 0 Å². The summed E-state index contributed by atoms with van der Waals surface area (Å²) >= 11 is 15.2. The number of nitrogen functional groups attached to an aromatic ring is 1. The number of nitro benzene ring substituents is 1. The first-order valence-corrected chi connectivity index (χ1v) is 6.79. The molecule has 0 unspecified atom stereocenters. The molecule has 0 atom stereocenters. The second-order valence-corrected chi connectivity index (χ2v) is 5.45. The van der Waals surface area contributed by atoms with Gasteiger partial charge in [-0.1, -0.05) is 23.2 Å². The highest BCUT2D eigenvalue weighted by molar-refractivity contribution is 9.10. The van der Waals surface area contributed by atoms with Crippen LogP contribution in [0.15, 0.2) is 34.8 Å². The Kier molecular flexibility index (Phi) is 4.37. The van der Waals surface area contributed by atoms with Gasteiger partial charge in [-0.3, -0.25) is 10.1 Å². The number of hydrogen-bond acceptors (Lipinski definition) is 4. The third kappa shape index (κ3) is 3.15. The highest BCUT2D eigenvalue weighted by Gasteiger charge is 2.13.